The van der Waals surface area contributed by atoms with E-state index in [1.807, 2.05) is 19.1 Å². The van der Waals surface area contributed by atoms with Crippen molar-refractivity contribution < 1.29 is 23.9 Å². The minimum atomic E-state index is -0.821. The quantitative estimate of drug-likeness (QED) is 0.530. The summed E-state index contributed by atoms with van der Waals surface area (Å²) in [5.74, 6) is -1.47. The van der Waals surface area contributed by atoms with Crippen LogP contribution in [-0.2, 0) is 14.3 Å². The molecule has 1 heterocycles. The number of hydrogen-bond acceptors (Lipinski definition) is 5. The molecule has 2 aromatic rings. The van der Waals surface area contributed by atoms with Crippen molar-refractivity contribution in [2.45, 2.75) is 45.2 Å². The standard InChI is InChI=1S/C24H24N2O5/c1-3-31-24(30)17-8-10-19(11-9-17)26-21(27)14-20(23(26)29)25(18-12-13-18)22(28)16-6-4-15(2)5-7-16/h4-11,18,20H,3,12-14H2,1-2H3. The Kier molecular flexibility index (Phi) is 5.59. The van der Waals surface area contributed by atoms with E-state index in [0.717, 1.165) is 23.3 Å². The second-order valence-corrected chi connectivity index (χ2v) is 7.86. The number of benzene rings is 2. The van der Waals surface area contributed by atoms with Crippen molar-refractivity contribution in [3.05, 3.63) is 65.2 Å². The molecule has 2 fully saturated rings. The Labute approximate surface area is 180 Å². The maximum absolute atomic E-state index is 13.2. The van der Waals surface area contributed by atoms with Crippen LogP contribution in [0.1, 0.15) is 52.5 Å². The minimum absolute atomic E-state index is 0.0262. The number of aryl methyl sites for hydroxylation is 1. The van der Waals surface area contributed by atoms with Gasteiger partial charge in [-0.25, -0.2) is 9.69 Å². The average Bonchev–Trinajstić information content (AvgIpc) is 3.55. The first-order valence-electron chi connectivity index (χ1n) is 10.4. The van der Waals surface area contributed by atoms with Gasteiger partial charge in [0.15, 0.2) is 0 Å². The van der Waals surface area contributed by atoms with Crippen LogP contribution >= 0.6 is 0 Å². The van der Waals surface area contributed by atoms with E-state index in [4.69, 9.17) is 4.74 Å². The highest BCUT2D eigenvalue weighted by Crippen LogP contribution is 2.35. The Hall–Kier alpha value is -3.48. The summed E-state index contributed by atoms with van der Waals surface area (Å²) in [7, 11) is 0. The van der Waals surface area contributed by atoms with Crippen LogP contribution in [0, 0.1) is 6.92 Å². The van der Waals surface area contributed by atoms with Crippen LogP contribution in [0.5, 0.6) is 0 Å². The van der Waals surface area contributed by atoms with E-state index in [2.05, 4.69) is 0 Å². The molecule has 1 unspecified atom stereocenters. The summed E-state index contributed by atoms with van der Waals surface area (Å²) < 4.78 is 4.96. The molecule has 1 saturated carbocycles. The number of esters is 1. The van der Waals surface area contributed by atoms with Gasteiger partial charge in [-0.1, -0.05) is 17.7 Å². The van der Waals surface area contributed by atoms with Crippen molar-refractivity contribution in [3.8, 4) is 0 Å². The molecule has 1 atom stereocenters. The minimum Gasteiger partial charge on any atom is -0.462 e. The SMILES string of the molecule is CCOC(=O)c1ccc(N2C(=O)CC(N(C(=O)c3ccc(C)cc3)C3CC3)C2=O)cc1. The van der Waals surface area contributed by atoms with E-state index < -0.39 is 17.9 Å². The van der Waals surface area contributed by atoms with Crippen LogP contribution < -0.4 is 4.90 Å². The lowest BCUT2D eigenvalue weighted by molar-refractivity contribution is -0.122. The summed E-state index contributed by atoms with van der Waals surface area (Å²) in [6.45, 7) is 3.92. The van der Waals surface area contributed by atoms with Gasteiger partial charge in [0.25, 0.3) is 11.8 Å². The molecular formula is C24H24N2O5. The summed E-state index contributed by atoms with van der Waals surface area (Å²) >= 11 is 0. The van der Waals surface area contributed by atoms with Crippen molar-refractivity contribution in [2.75, 3.05) is 11.5 Å². The predicted molar refractivity (Wildman–Crippen MR) is 114 cm³/mol. The van der Waals surface area contributed by atoms with E-state index in [0.29, 0.717) is 16.8 Å². The van der Waals surface area contributed by atoms with Crippen LogP contribution in [0.4, 0.5) is 5.69 Å². The number of imide groups is 1. The topological polar surface area (TPSA) is 84.0 Å². The Balaban J connectivity index is 1.57. The molecule has 2 aliphatic rings. The van der Waals surface area contributed by atoms with E-state index in [-0.39, 0.29) is 30.9 Å². The summed E-state index contributed by atoms with van der Waals surface area (Å²) in [6, 6.07) is 12.5. The molecule has 2 aromatic carbocycles. The lowest BCUT2D eigenvalue weighted by Gasteiger charge is -2.27. The van der Waals surface area contributed by atoms with Gasteiger partial charge in [-0.15, -0.1) is 0 Å². The van der Waals surface area contributed by atoms with Gasteiger partial charge in [-0.3, -0.25) is 14.4 Å². The molecule has 7 heteroatoms. The third-order valence-corrected chi connectivity index (χ3v) is 5.57. The van der Waals surface area contributed by atoms with Gasteiger partial charge in [0.05, 0.1) is 24.3 Å². The number of hydrogen-bond donors (Lipinski definition) is 0. The van der Waals surface area contributed by atoms with Crippen LogP contribution in [0.3, 0.4) is 0 Å². The fourth-order valence-corrected chi connectivity index (χ4v) is 3.83. The van der Waals surface area contributed by atoms with Gasteiger partial charge < -0.3 is 9.64 Å². The summed E-state index contributed by atoms with van der Waals surface area (Å²) in [6.07, 6.45) is 1.60. The van der Waals surface area contributed by atoms with Gasteiger partial charge in [0, 0.05) is 11.6 Å². The fraction of sp³-hybridized carbons (Fsp3) is 0.333. The normalized spacial score (nSPS) is 18.3. The van der Waals surface area contributed by atoms with E-state index >= 15 is 0 Å². The Bertz CT molecular complexity index is 1020. The van der Waals surface area contributed by atoms with Crippen LogP contribution in [0.15, 0.2) is 48.5 Å². The van der Waals surface area contributed by atoms with Crippen molar-refractivity contribution in [3.63, 3.8) is 0 Å². The Morgan fingerprint density at radius 1 is 1.00 bits per heavy atom. The fourth-order valence-electron chi connectivity index (χ4n) is 3.83. The zero-order valence-electron chi connectivity index (χ0n) is 17.5. The predicted octanol–water partition coefficient (Wildman–Crippen LogP) is 3.11. The van der Waals surface area contributed by atoms with Gasteiger partial charge in [-0.05, 0) is 63.1 Å². The van der Waals surface area contributed by atoms with Crippen LogP contribution in [0.25, 0.3) is 0 Å². The molecule has 3 amide bonds. The zero-order chi connectivity index (χ0) is 22.1. The molecule has 0 N–H and O–H groups in total. The smallest absolute Gasteiger partial charge is 0.338 e. The Morgan fingerprint density at radius 2 is 1.61 bits per heavy atom. The van der Waals surface area contributed by atoms with Crippen molar-refractivity contribution in [1.29, 1.82) is 0 Å². The molecule has 31 heavy (non-hydrogen) atoms. The second kappa shape index (κ2) is 8.34. The van der Waals surface area contributed by atoms with Gasteiger partial charge in [0.1, 0.15) is 6.04 Å². The zero-order valence-corrected chi connectivity index (χ0v) is 17.5. The van der Waals surface area contributed by atoms with Gasteiger partial charge in [-0.2, -0.15) is 0 Å². The summed E-state index contributed by atoms with van der Waals surface area (Å²) in [5, 5.41) is 0. The van der Waals surface area contributed by atoms with E-state index in [9.17, 15) is 19.2 Å². The molecular weight excluding hydrogens is 396 g/mol. The number of carbonyl (C=O) groups is 4. The number of amides is 3. The number of ether oxygens (including phenoxy) is 1. The molecule has 1 aliphatic heterocycles. The highest BCUT2D eigenvalue weighted by atomic mass is 16.5. The lowest BCUT2D eigenvalue weighted by atomic mass is 10.1. The highest BCUT2D eigenvalue weighted by Gasteiger charge is 2.48. The Morgan fingerprint density at radius 3 is 2.19 bits per heavy atom. The molecule has 0 aromatic heterocycles. The van der Waals surface area contributed by atoms with E-state index in [1.165, 1.54) is 12.1 Å². The molecule has 4 rings (SSSR count). The number of nitrogens with zero attached hydrogens (tertiary/aromatic N) is 2. The third-order valence-electron chi connectivity index (χ3n) is 5.57. The maximum atomic E-state index is 13.2. The second-order valence-electron chi connectivity index (χ2n) is 7.86. The molecule has 0 spiro atoms. The van der Waals surface area contributed by atoms with Gasteiger partial charge >= 0.3 is 5.97 Å². The maximum Gasteiger partial charge on any atom is 0.338 e. The number of carbonyl (C=O) groups excluding carboxylic acids is 4. The van der Waals surface area contributed by atoms with E-state index in [1.54, 1.807) is 36.1 Å². The van der Waals surface area contributed by atoms with Crippen LogP contribution in [0.2, 0.25) is 0 Å². The van der Waals surface area contributed by atoms with Gasteiger partial charge in [0.2, 0.25) is 5.91 Å². The molecule has 0 radical (unpaired) electrons. The number of rotatable bonds is 6. The largest absolute Gasteiger partial charge is 0.462 e. The van der Waals surface area contributed by atoms with Crippen LogP contribution in [-0.4, -0.2) is 47.3 Å². The summed E-state index contributed by atoms with van der Waals surface area (Å²) in [5.41, 5.74) is 2.27. The highest BCUT2D eigenvalue weighted by molar-refractivity contribution is 6.23. The average molecular weight is 420 g/mol. The summed E-state index contributed by atoms with van der Waals surface area (Å²) in [4.78, 5) is 53.7. The lowest BCUT2D eigenvalue weighted by Crippen LogP contribution is -2.46. The first-order chi connectivity index (χ1) is 14.9. The monoisotopic (exact) mass is 420 g/mol. The molecule has 160 valence electrons. The van der Waals surface area contributed by atoms with Crippen molar-refractivity contribution >= 4 is 29.4 Å². The molecule has 1 aliphatic carbocycles. The number of anilines is 1. The molecule has 7 nitrogen and oxygen atoms in total. The first-order valence-corrected chi connectivity index (χ1v) is 10.4. The molecule has 1 saturated heterocycles. The third kappa shape index (κ3) is 4.08. The van der Waals surface area contributed by atoms with Crippen molar-refractivity contribution in [2.24, 2.45) is 0 Å². The van der Waals surface area contributed by atoms with Crippen molar-refractivity contribution in [1.82, 2.24) is 4.90 Å². The first kappa shape index (κ1) is 20.8. The molecule has 0 bridgehead atoms.